The van der Waals surface area contributed by atoms with Gasteiger partial charge >= 0.3 is 0 Å². The molecule has 0 N–H and O–H groups in total. The van der Waals surface area contributed by atoms with E-state index in [1.54, 1.807) is 17.5 Å². The summed E-state index contributed by atoms with van der Waals surface area (Å²) in [7, 11) is 4.07. The lowest BCUT2D eigenvalue weighted by Crippen LogP contribution is -2.24. The Morgan fingerprint density at radius 3 is 2.78 bits per heavy atom. The highest BCUT2D eigenvalue weighted by Crippen LogP contribution is 2.29. The molecular formula is C14H14N2OS. The number of pyridine rings is 1. The zero-order chi connectivity index (χ0) is 12.7. The van der Waals surface area contributed by atoms with Crippen molar-refractivity contribution in [1.29, 1.82) is 0 Å². The van der Waals surface area contributed by atoms with Gasteiger partial charge < -0.3 is 10.1 Å². The molecule has 0 atom stereocenters. The minimum Gasteiger partial charge on any atom is -0.618 e. The van der Waals surface area contributed by atoms with Crippen LogP contribution >= 0.6 is 11.3 Å². The van der Waals surface area contributed by atoms with Gasteiger partial charge in [0.25, 0.3) is 4.83 Å². The van der Waals surface area contributed by atoms with Gasteiger partial charge in [0.15, 0.2) is 6.20 Å². The van der Waals surface area contributed by atoms with Crippen LogP contribution in [0.25, 0.3) is 21.0 Å². The Kier molecular flexibility index (Phi) is 2.69. The van der Waals surface area contributed by atoms with Gasteiger partial charge in [-0.05, 0) is 26.2 Å². The zero-order valence-corrected chi connectivity index (χ0v) is 11.2. The molecule has 2 aromatic heterocycles. The summed E-state index contributed by atoms with van der Waals surface area (Å²) in [6, 6.07) is 10.2. The van der Waals surface area contributed by atoms with Gasteiger partial charge in [-0.15, -0.1) is 0 Å². The first-order valence-electron chi connectivity index (χ1n) is 5.83. The molecule has 18 heavy (non-hydrogen) atoms. The lowest BCUT2D eigenvalue weighted by molar-refractivity contribution is -0.573. The van der Waals surface area contributed by atoms with Gasteiger partial charge in [-0.25, -0.2) is 0 Å². The molecule has 0 spiro atoms. The van der Waals surface area contributed by atoms with E-state index in [2.05, 4.69) is 17.0 Å². The van der Waals surface area contributed by atoms with Crippen LogP contribution in [0.15, 0.2) is 36.5 Å². The lowest BCUT2D eigenvalue weighted by Gasteiger charge is -2.05. The van der Waals surface area contributed by atoms with Crippen LogP contribution in [0.1, 0.15) is 4.88 Å². The second-order valence-corrected chi connectivity index (χ2v) is 5.83. The van der Waals surface area contributed by atoms with Gasteiger partial charge in [0.05, 0.1) is 5.39 Å². The summed E-state index contributed by atoms with van der Waals surface area (Å²) in [6.45, 7) is 0.869. The first kappa shape index (κ1) is 11.4. The van der Waals surface area contributed by atoms with Gasteiger partial charge in [0, 0.05) is 22.2 Å². The Bertz CT molecular complexity index is 718. The predicted octanol–water partition coefficient (Wildman–Crippen LogP) is 2.75. The van der Waals surface area contributed by atoms with Crippen LogP contribution in [0, 0.1) is 5.21 Å². The van der Waals surface area contributed by atoms with Crippen molar-refractivity contribution in [3.8, 4) is 0 Å². The van der Waals surface area contributed by atoms with Crippen LogP contribution in [0.2, 0.25) is 0 Å². The molecule has 3 rings (SSSR count). The van der Waals surface area contributed by atoms with E-state index in [-0.39, 0.29) is 0 Å². The standard InChI is InChI=1S/C14H14N2OS/c1-15(2)9-11-7-13-12-6-4-3-5-10(12)8-16(17)14(13)18-11/h3-8H,9H2,1-2H3. The Morgan fingerprint density at radius 2 is 2.00 bits per heavy atom. The number of rotatable bonds is 2. The van der Waals surface area contributed by atoms with Crippen LogP contribution in [0.3, 0.4) is 0 Å². The van der Waals surface area contributed by atoms with E-state index < -0.39 is 0 Å². The zero-order valence-electron chi connectivity index (χ0n) is 10.4. The number of thiophene rings is 1. The van der Waals surface area contributed by atoms with Crippen LogP contribution in [-0.4, -0.2) is 19.0 Å². The predicted molar refractivity (Wildman–Crippen MR) is 75.7 cm³/mol. The van der Waals surface area contributed by atoms with Crippen molar-refractivity contribution in [3.05, 3.63) is 46.6 Å². The van der Waals surface area contributed by atoms with Gasteiger partial charge in [0.1, 0.15) is 0 Å². The Morgan fingerprint density at radius 1 is 1.22 bits per heavy atom. The van der Waals surface area contributed by atoms with E-state index in [0.717, 1.165) is 32.3 Å². The molecule has 0 saturated heterocycles. The maximum absolute atomic E-state index is 12.0. The maximum atomic E-state index is 12.0. The molecule has 3 aromatic rings. The van der Waals surface area contributed by atoms with Gasteiger partial charge in [-0.3, -0.25) is 0 Å². The van der Waals surface area contributed by atoms with Gasteiger partial charge in [-0.1, -0.05) is 29.5 Å². The van der Waals surface area contributed by atoms with Crippen molar-refractivity contribution in [1.82, 2.24) is 4.90 Å². The molecule has 0 radical (unpaired) electrons. The summed E-state index contributed by atoms with van der Waals surface area (Å²) >= 11 is 1.58. The fraction of sp³-hybridized carbons (Fsp3) is 0.214. The highest BCUT2D eigenvalue weighted by molar-refractivity contribution is 7.18. The van der Waals surface area contributed by atoms with Crippen molar-refractivity contribution in [2.24, 2.45) is 0 Å². The Labute approximate surface area is 109 Å². The SMILES string of the molecule is CN(C)Cc1cc2c3ccccc3c[n+]([O-])c2s1. The van der Waals surface area contributed by atoms with Crippen molar-refractivity contribution in [3.63, 3.8) is 0 Å². The molecule has 92 valence electrons. The largest absolute Gasteiger partial charge is 0.618 e. The number of hydrogen-bond acceptors (Lipinski definition) is 3. The third kappa shape index (κ3) is 1.83. The van der Waals surface area contributed by atoms with E-state index in [0.29, 0.717) is 0 Å². The quantitative estimate of drug-likeness (QED) is 0.522. The number of fused-ring (bicyclic) bond motifs is 3. The molecule has 0 unspecified atom stereocenters. The molecule has 3 nitrogen and oxygen atoms in total. The first-order chi connectivity index (χ1) is 8.65. The van der Waals surface area contributed by atoms with E-state index >= 15 is 0 Å². The van der Waals surface area contributed by atoms with Crippen molar-refractivity contribution >= 4 is 32.3 Å². The van der Waals surface area contributed by atoms with E-state index in [9.17, 15) is 5.21 Å². The van der Waals surface area contributed by atoms with Crippen molar-refractivity contribution in [2.75, 3.05) is 14.1 Å². The fourth-order valence-electron chi connectivity index (χ4n) is 2.22. The van der Waals surface area contributed by atoms with E-state index in [4.69, 9.17) is 0 Å². The number of aromatic nitrogens is 1. The average molecular weight is 258 g/mol. The molecule has 2 heterocycles. The smallest absolute Gasteiger partial charge is 0.281 e. The molecule has 0 bridgehead atoms. The Hall–Kier alpha value is -1.65. The third-order valence-corrected chi connectivity index (χ3v) is 4.05. The van der Waals surface area contributed by atoms with Gasteiger partial charge in [0.2, 0.25) is 0 Å². The molecule has 0 aliphatic rings. The van der Waals surface area contributed by atoms with Crippen LogP contribution in [-0.2, 0) is 6.54 Å². The fourth-order valence-corrected chi connectivity index (χ4v) is 3.39. The molecule has 1 aromatic carbocycles. The second kappa shape index (κ2) is 4.23. The molecule has 4 heteroatoms. The van der Waals surface area contributed by atoms with E-state index in [1.165, 1.54) is 4.88 Å². The van der Waals surface area contributed by atoms with E-state index in [1.807, 2.05) is 32.3 Å². The number of hydrogen-bond donors (Lipinski definition) is 0. The highest BCUT2D eigenvalue weighted by atomic mass is 32.1. The number of benzene rings is 1. The van der Waals surface area contributed by atoms with Crippen LogP contribution in [0.5, 0.6) is 0 Å². The van der Waals surface area contributed by atoms with Crippen molar-refractivity contribution in [2.45, 2.75) is 6.54 Å². The van der Waals surface area contributed by atoms with Crippen LogP contribution < -0.4 is 4.73 Å². The van der Waals surface area contributed by atoms with Crippen LogP contribution in [0.4, 0.5) is 0 Å². The van der Waals surface area contributed by atoms with Gasteiger partial charge in [-0.2, -0.15) is 4.73 Å². The molecule has 0 aliphatic heterocycles. The molecular weight excluding hydrogens is 244 g/mol. The Balaban J connectivity index is 2.31. The molecule has 0 aliphatic carbocycles. The summed E-state index contributed by atoms with van der Waals surface area (Å²) in [5, 5.41) is 15.2. The summed E-state index contributed by atoms with van der Waals surface area (Å²) in [5.74, 6) is 0. The second-order valence-electron chi connectivity index (χ2n) is 4.71. The minimum absolute atomic E-state index is 0.797. The summed E-state index contributed by atoms with van der Waals surface area (Å²) in [6.07, 6.45) is 1.66. The normalized spacial score (nSPS) is 11.7. The summed E-state index contributed by atoms with van der Waals surface area (Å²) in [5.41, 5.74) is 0. The third-order valence-electron chi connectivity index (χ3n) is 2.94. The monoisotopic (exact) mass is 258 g/mol. The summed E-state index contributed by atoms with van der Waals surface area (Å²) in [4.78, 5) is 4.13. The van der Waals surface area contributed by atoms with Crippen molar-refractivity contribution < 1.29 is 4.73 Å². The maximum Gasteiger partial charge on any atom is 0.281 e. The molecule has 0 fully saturated rings. The lowest BCUT2D eigenvalue weighted by atomic mass is 10.1. The molecule has 0 amide bonds. The number of nitrogens with zero attached hydrogens (tertiary/aromatic N) is 2. The minimum atomic E-state index is 0.797. The average Bonchev–Trinajstić information content (AvgIpc) is 2.73. The topological polar surface area (TPSA) is 30.2 Å². The molecule has 0 saturated carbocycles. The highest BCUT2D eigenvalue weighted by Gasteiger charge is 2.14. The summed E-state index contributed by atoms with van der Waals surface area (Å²) < 4.78 is 0.988. The first-order valence-corrected chi connectivity index (χ1v) is 6.65.